The molecule has 3 aromatic rings. The van der Waals surface area contributed by atoms with E-state index in [1.165, 1.54) is 0 Å². The third-order valence-corrected chi connectivity index (χ3v) is 4.80. The highest BCUT2D eigenvalue weighted by Crippen LogP contribution is 2.26. The van der Waals surface area contributed by atoms with Crippen molar-refractivity contribution >= 4 is 28.9 Å². The van der Waals surface area contributed by atoms with Crippen LogP contribution < -0.4 is 10.2 Å². The van der Waals surface area contributed by atoms with Crippen LogP contribution in [0.15, 0.2) is 59.0 Å². The number of rotatable bonds is 6. The van der Waals surface area contributed by atoms with Crippen molar-refractivity contribution in [2.24, 2.45) is 0 Å². The Hall–Kier alpha value is -2.72. The summed E-state index contributed by atoms with van der Waals surface area (Å²) in [5, 5.41) is 3.59. The number of halogens is 1. The summed E-state index contributed by atoms with van der Waals surface area (Å²) in [4.78, 5) is 14.8. The van der Waals surface area contributed by atoms with Gasteiger partial charge in [-0.2, -0.15) is 0 Å². The van der Waals surface area contributed by atoms with Gasteiger partial charge in [0.15, 0.2) is 5.76 Å². The van der Waals surface area contributed by atoms with Gasteiger partial charge >= 0.3 is 0 Å². The minimum atomic E-state index is -0.270. The molecule has 1 aromatic heterocycles. The first-order valence-electron chi connectivity index (χ1n) is 9.04. The number of furan rings is 1. The first kappa shape index (κ1) is 19.1. The van der Waals surface area contributed by atoms with Gasteiger partial charge < -0.3 is 14.6 Å². The van der Waals surface area contributed by atoms with Crippen molar-refractivity contribution in [2.45, 2.75) is 20.8 Å². The topological polar surface area (TPSA) is 45.5 Å². The Balaban J connectivity index is 1.75. The van der Waals surface area contributed by atoms with Gasteiger partial charge in [0.25, 0.3) is 5.91 Å². The summed E-state index contributed by atoms with van der Waals surface area (Å²) in [6.07, 6.45) is 0. The van der Waals surface area contributed by atoms with Gasteiger partial charge in [0, 0.05) is 35.1 Å². The number of amides is 1. The van der Waals surface area contributed by atoms with E-state index in [9.17, 15) is 4.79 Å². The lowest BCUT2D eigenvalue weighted by Crippen LogP contribution is -2.22. The van der Waals surface area contributed by atoms with E-state index in [2.05, 4.69) is 30.1 Å². The molecule has 0 radical (unpaired) electrons. The quantitative estimate of drug-likeness (QED) is 0.568. The lowest BCUT2D eigenvalue weighted by atomic mass is 10.1. The second kappa shape index (κ2) is 8.31. The molecule has 0 fully saturated rings. The zero-order valence-electron chi connectivity index (χ0n) is 15.8. The number of benzene rings is 2. The fourth-order valence-electron chi connectivity index (χ4n) is 2.99. The molecule has 0 spiro atoms. The molecule has 140 valence electrons. The van der Waals surface area contributed by atoms with Gasteiger partial charge in [0.05, 0.1) is 0 Å². The Bertz CT molecular complexity index is 928. The van der Waals surface area contributed by atoms with Crippen LogP contribution in [0.5, 0.6) is 0 Å². The molecule has 1 amide bonds. The van der Waals surface area contributed by atoms with Crippen molar-refractivity contribution in [1.82, 2.24) is 0 Å². The summed E-state index contributed by atoms with van der Waals surface area (Å²) in [7, 11) is 0. The lowest BCUT2D eigenvalue weighted by Gasteiger charge is -2.22. The Labute approximate surface area is 164 Å². The van der Waals surface area contributed by atoms with Gasteiger partial charge in [-0.1, -0.05) is 11.6 Å². The molecule has 0 saturated heterocycles. The van der Waals surface area contributed by atoms with Crippen molar-refractivity contribution in [3.05, 3.63) is 70.9 Å². The van der Waals surface area contributed by atoms with Crippen molar-refractivity contribution < 1.29 is 9.21 Å². The van der Waals surface area contributed by atoms with Gasteiger partial charge in [0.1, 0.15) is 5.76 Å². The number of nitrogens with one attached hydrogen (secondary N) is 1. The van der Waals surface area contributed by atoms with Gasteiger partial charge in [-0.25, -0.2) is 0 Å². The Morgan fingerprint density at radius 2 is 1.74 bits per heavy atom. The van der Waals surface area contributed by atoms with Crippen LogP contribution in [0.2, 0.25) is 5.02 Å². The first-order chi connectivity index (χ1) is 13.0. The van der Waals surface area contributed by atoms with E-state index in [0.717, 1.165) is 35.6 Å². The van der Waals surface area contributed by atoms with Crippen molar-refractivity contribution in [3.63, 3.8) is 0 Å². The molecule has 27 heavy (non-hydrogen) atoms. The predicted octanol–water partition coefficient (Wildman–Crippen LogP) is 6.01. The van der Waals surface area contributed by atoms with Crippen molar-refractivity contribution in [2.75, 3.05) is 23.3 Å². The summed E-state index contributed by atoms with van der Waals surface area (Å²) >= 11 is 5.91. The molecule has 3 rings (SSSR count). The molecular formula is C22H23ClN2O2. The SMILES string of the molecule is CCN(CC)c1ccc(NC(=O)c2ccc(-c3ccc(Cl)cc3)o2)c(C)c1. The largest absolute Gasteiger partial charge is 0.451 e. The van der Waals surface area contributed by atoms with Crippen LogP contribution >= 0.6 is 11.6 Å². The molecule has 1 heterocycles. The molecule has 0 aliphatic heterocycles. The van der Waals surface area contributed by atoms with Crippen LogP contribution in [0, 0.1) is 6.92 Å². The van der Waals surface area contributed by atoms with Crippen LogP contribution in [0.4, 0.5) is 11.4 Å². The highest BCUT2D eigenvalue weighted by atomic mass is 35.5. The normalized spacial score (nSPS) is 10.7. The monoisotopic (exact) mass is 382 g/mol. The molecule has 2 aromatic carbocycles. The molecule has 0 aliphatic carbocycles. The van der Waals surface area contributed by atoms with E-state index in [0.29, 0.717) is 10.8 Å². The maximum absolute atomic E-state index is 12.6. The fourth-order valence-corrected chi connectivity index (χ4v) is 3.11. The smallest absolute Gasteiger partial charge is 0.291 e. The Kier molecular flexibility index (Phi) is 5.87. The standard InChI is InChI=1S/C22H23ClN2O2/c1-4-25(5-2)18-10-11-19(15(3)14-18)24-22(26)21-13-12-20(27-21)16-6-8-17(23)9-7-16/h6-14H,4-5H2,1-3H3,(H,24,26). The number of nitrogens with zero attached hydrogens (tertiary/aromatic N) is 1. The predicted molar refractivity (Wildman–Crippen MR) is 112 cm³/mol. The summed E-state index contributed by atoms with van der Waals surface area (Å²) in [5.74, 6) is 0.631. The Morgan fingerprint density at radius 1 is 1.04 bits per heavy atom. The number of carbonyl (C=O) groups is 1. The number of hydrogen-bond donors (Lipinski definition) is 1. The van der Waals surface area contributed by atoms with E-state index >= 15 is 0 Å². The van der Waals surface area contributed by atoms with E-state index < -0.39 is 0 Å². The molecule has 0 aliphatic rings. The number of anilines is 2. The van der Waals surface area contributed by atoms with Gasteiger partial charge in [-0.3, -0.25) is 4.79 Å². The summed E-state index contributed by atoms with van der Waals surface area (Å²) in [5.41, 5.74) is 3.81. The number of hydrogen-bond acceptors (Lipinski definition) is 3. The maximum Gasteiger partial charge on any atom is 0.291 e. The summed E-state index contributed by atoms with van der Waals surface area (Å²) in [6.45, 7) is 8.14. The molecule has 0 atom stereocenters. The maximum atomic E-state index is 12.6. The van der Waals surface area contributed by atoms with Gasteiger partial charge in [-0.05, 0) is 80.9 Å². The van der Waals surface area contributed by atoms with Crippen LogP contribution in [0.25, 0.3) is 11.3 Å². The fraction of sp³-hybridized carbons (Fsp3) is 0.227. The second-order valence-corrected chi connectivity index (χ2v) is 6.73. The molecule has 0 bridgehead atoms. The zero-order valence-corrected chi connectivity index (χ0v) is 16.5. The summed E-state index contributed by atoms with van der Waals surface area (Å²) in [6, 6.07) is 16.8. The molecule has 1 N–H and O–H groups in total. The van der Waals surface area contributed by atoms with Gasteiger partial charge in [-0.15, -0.1) is 0 Å². The second-order valence-electron chi connectivity index (χ2n) is 6.30. The lowest BCUT2D eigenvalue weighted by molar-refractivity contribution is 0.0997. The third kappa shape index (κ3) is 4.34. The van der Waals surface area contributed by atoms with E-state index in [1.807, 2.05) is 31.2 Å². The zero-order chi connectivity index (χ0) is 19.4. The molecule has 0 saturated carbocycles. The molecular weight excluding hydrogens is 360 g/mol. The first-order valence-corrected chi connectivity index (χ1v) is 9.42. The van der Waals surface area contributed by atoms with Crippen LogP contribution in [0.3, 0.4) is 0 Å². The number of carbonyl (C=O) groups excluding carboxylic acids is 1. The minimum Gasteiger partial charge on any atom is -0.451 e. The van der Waals surface area contributed by atoms with Crippen molar-refractivity contribution in [1.29, 1.82) is 0 Å². The van der Waals surface area contributed by atoms with Crippen molar-refractivity contribution in [3.8, 4) is 11.3 Å². The van der Waals surface area contributed by atoms with Gasteiger partial charge in [0.2, 0.25) is 0 Å². The van der Waals surface area contributed by atoms with Crippen LogP contribution in [0.1, 0.15) is 30.0 Å². The number of aryl methyl sites for hydroxylation is 1. The molecule has 5 heteroatoms. The average Bonchev–Trinajstić information content (AvgIpc) is 3.16. The Morgan fingerprint density at radius 3 is 2.37 bits per heavy atom. The highest BCUT2D eigenvalue weighted by molar-refractivity contribution is 6.30. The van der Waals surface area contributed by atoms with E-state index in [1.54, 1.807) is 24.3 Å². The average molecular weight is 383 g/mol. The summed E-state index contributed by atoms with van der Waals surface area (Å²) < 4.78 is 5.72. The van der Waals surface area contributed by atoms with Crippen LogP contribution in [-0.2, 0) is 0 Å². The van der Waals surface area contributed by atoms with E-state index in [4.69, 9.17) is 16.0 Å². The highest BCUT2D eigenvalue weighted by Gasteiger charge is 2.14. The van der Waals surface area contributed by atoms with Crippen LogP contribution in [-0.4, -0.2) is 19.0 Å². The van der Waals surface area contributed by atoms with E-state index in [-0.39, 0.29) is 11.7 Å². The minimum absolute atomic E-state index is 0.270. The molecule has 4 nitrogen and oxygen atoms in total. The molecule has 0 unspecified atom stereocenters. The third-order valence-electron chi connectivity index (χ3n) is 4.55.